The first-order valence-electron chi connectivity index (χ1n) is 6.50. The predicted octanol–water partition coefficient (Wildman–Crippen LogP) is 1.74. The Morgan fingerprint density at radius 3 is 2.74 bits per heavy atom. The molecule has 0 saturated carbocycles. The van der Waals surface area contributed by atoms with Gasteiger partial charge >= 0.3 is 0 Å². The summed E-state index contributed by atoms with van der Waals surface area (Å²) >= 11 is 0. The summed E-state index contributed by atoms with van der Waals surface area (Å²) in [6, 6.07) is 9.36. The van der Waals surface area contributed by atoms with Crippen LogP contribution >= 0.6 is 0 Å². The molecule has 1 heterocycles. The van der Waals surface area contributed by atoms with E-state index in [0.717, 1.165) is 5.56 Å². The molecule has 1 aliphatic heterocycles. The number of hydrogen-bond donors (Lipinski definition) is 0. The molecule has 0 spiro atoms. The number of ether oxygens (including phenoxy) is 1. The van der Waals surface area contributed by atoms with Crippen LogP contribution in [0.4, 0.5) is 0 Å². The molecule has 2 rings (SSSR count). The molecule has 100 valence electrons. The normalized spacial score (nSPS) is 22.9. The van der Waals surface area contributed by atoms with Gasteiger partial charge in [0.25, 0.3) is 0 Å². The first-order chi connectivity index (χ1) is 9.10. The van der Waals surface area contributed by atoms with Crippen molar-refractivity contribution in [1.29, 1.82) is 5.26 Å². The van der Waals surface area contributed by atoms with Crippen LogP contribution in [0.15, 0.2) is 24.3 Å². The molecule has 1 fully saturated rings. The number of rotatable bonds is 2. The summed E-state index contributed by atoms with van der Waals surface area (Å²) in [5.41, 5.74) is 1.56. The lowest BCUT2D eigenvalue weighted by molar-refractivity contribution is -0.142. The number of nitriles is 1. The van der Waals surface area contributed by atoms with Crippen molar-refractivity contribution < 1.29 is 9.53 Å². The summed E-state index contributed by atoms with van der Waals surface area (Å²) in [7, 11) is 0. The van der Waals surface area contributed by atoms with E-state index in [9.17, 15) is 4.79 Å². The molecular formula is C15H18N2O2. The fraction of sp³-hybridized carbons (Fsp3) is 0.467. The van der Waals surface area contributed by atoms with Crippen LogP contribution in [0, 0.1) is 11.3 Å². The van der Waals surface area contributed by atoms with Gasteiger partial charge < -0.3 is 9.64 Å². The Balaban J connectivity index is 2.01. The topological polar surface area (TPSA) is 53.3 Å². The zero-order valence-corrected chi connectivity index (χ0v) is 11.3. The summed E-state index contributed by atoms with van der Waals surface area (Å²) in [6.45, 7) is 5.23. The maximum atomic E-state index is 12.3. The Labute approximate surface area is 113 Å². The Kier molecular flexibility index (Phi) is 4.18. The molecule has 0 aromatic heterocycles. The van der Waals surface area contributed by atoms with E-state index >= 15 is 0 Å². The van der Waals surface area contributed by atoms with Crippen LogP contribution in [-0.2, 0) is 16.0 Å². The van der Waals surface area contributed by atoms with Gasteiger partial charge in [-0.25, -0.2) is 0 Å². The predicted molar refractivity (Wildman–Crippen MR) is 71.5 cm³/mol. The van der Waals surface area contributed by atoms with E-state index in [1.54, 1.807) is 12.1 Å². The van der Waals surface area contributed by atoms with Crippen LogP contribution in [0.25, 0.3) is 0 Å². The summed E-state index contributed by atoms with van der Waals surface area (Å²) < 4.78 is 5.52. The standard InChI is InChI=1S/C15H18N2O2/c1-11-10-19-12(2)9-17(11)15(18)7-13-3-5-14(8-16)6-4-13/h3-6,11-12H,7,9-10H2,1-2H3. The highest BCUT2D eigenvalue weighted by molar-refractivity contribution is 5.79. The number of benzene rings is 1. The van der Waals surface area contributed by atoms with Gasteiger partial charge in [0, 0.05) is 6.54 Å². The van der Waals surface area contributed by atoms with E-state index < -0.39 is 0 Å². The number of morpholine rings is 1. The van der Waals surface area contributed by atoms with Crippen molar-refractivity contribution in [2.45, 2.75) is 32.4 Å². The molecule has 2 unspecified atom stereocenters. The lowest BCUT2D eigenvalue weighted by Gasteiger charge is -2.36. The lowest BCUT2D eigenvalue weighted by Crippen LogP contribution is -2.50. The maximum absolute atomic E-state index is 12.3. The zero-order chi connectivity index (χ0) is 13.8. The molecular weight excluding hydrogens is 240 g/mol. The summed E-state index contributed by atoms with van der Waals surface area (Å²) in [5, 5.41) is 8.74. The van der Waals surface area contributed by atoms with Crippen LogP contribution in [0.1, 0.15) is 25.0 Å². The third-order valence-electron chi connectivity index (χ3n) is 3.37. The molecule has 2 atom stereocenters. The monoisotopic (exact) mass is 258 g/mol. The number of nitrogens with zero attached hydrogens (tertiary/aromatic N) is 2. The first kappa shape index (κ1) is 13.6. The van der Waals surface area contributed by atoms with E-state index in [0.29, 0.717) is 25.1 Å². The molecule has 4 heteroatoms. The Morgan fingerprint density at radius 1 is 1.42 bits per heavy atom. The molecule has 0 aliphatic carbocycles. The number of carbonyl (C=O) groups excluding carboxylic acids is 1. The first-order valence-corrected chi connectivity index (χ1v) is 6.50. The Morgan fingerprint density at radius 2 is 2.11 bits per heavy atom. The van der Waals surface area contributed by atoms with E-state index in [2.05, 4.69) is 6.07 Å². The van der Waals surface area contributed by atoms with Crippen LogP contribution in [0.2, 0.25) is 0 Å². The molecule has 1 amide bonds. The minimum absolute atomic E-state index is 0.0983. The maximum Gasteiger partial charge on any atom is 0.227 e. The zero-order valence-electron chi connectivity index (χ0n) is 11.3. The van der Waals surface area contributed by atoms with Crippen LogP contribution < -0.4 is 0 Å². The van der Waals surface area contributed by atoms with Crippen molar-refractivity contribution in [3.05, 3.63) is 35.4 Å². The number of hydrogen-bond acceptors (Lipinski definition) is 3. The average molecular weight is 258 g/mol. The average Bonchev–Trinajstić information content (AvgIpc) is 2.42. The van der Waals surface area contributed by atoms with Gasteiger partial charge in [-0.3, -0.25) is 4.79 Å². The van der Waals surface area contributed by atoms with Crippen LogP contribution in [0.3, 0.4) is 0 Å². The highest BCUT2D eigenvalue weighted by atomic mass is 16.5. The molecule has 1 saturated heterocycles. The third-order valence-corrected chi connectivity index (χ3v) is 3.37. The van der Waals surface area contributed by atoms with Gasteiger partial charge in [-0.15, -0.1) is 0 Å². The third kappa shape index (κ3) is 3.33. The SMILES string of the molecule is CC1CN(C(=O)Cc2ccc(C#N)cc2)C(C)CO1. The van der Waals surface area contributed by atoms with Gasteiger partial charge in [0.05, 0.1) is 36.8 Å². The van der Waals surface area contributed by atoms with Crippen LogP contribution in [-0.4, -0.2) is 36.1 Å². The fourth-order valence-corrected chi connectivity index (χ4v) is 2.22. The fourth-order valence-electron chi connectivity index (χ4n) is 2.22. The largest absolute Gasteiger partial charge is 0.375 e. The quantitative estimate of drug-likeness (QED) is 0.812. The Hall–Kier alpha value is -1.86. The highest BCUT2D eigenvalue weighted by Gasteiger charge is 2.27. The van der Waals surface area contributed by atoms with Crippen molar-refractivity contribution in [2.75, 3.05) is 13.2 Å². The Bertz CT molecular complexity index is 490. The second-order valence-electron chi connectivity index (χ2n) is 5.02. The van der Waals surface area contributed by atoms with Gasteiger partial charge in [0.15, 0.2) is 0 Å². The van der Waals surface area contributed by atoms with Crippen LogP contribution in [0.5, 0.6) is 0 Å². The number of amides is 1. The van der Waals surface area contributed by atoms with Crippen molar-refractivity contribution in [2.24, 2.45) is 0 Å². The molecule has 1 aromatic carbocycles. The van der Waals surface area contributed by atoms with E-state index in [4.69, 9.17) is 10.00 Å². The summed E-state index contributed by atoms with van der Waals surface area (Å²) in [5.74, 6) is 0.118. The van der Waals surface area contributed by atoms with Crippen molar-refractivity contribution >= 4 is 5.91 Å². The smallest absolute Gasteiger partial charge is 0.227 e. The van der Waals surface area contributed by atoms with E-state index in [1.807, 2.05) is 30.9 Å². The van der Waals surface area contributed by atoms with Gasteiger partial charge in [-0.2, -0.15) is 5.26 Å². The van der Waals surface area contributed by atoms with Crippen molar-refractivity contribution in [3.8, 4) is 6.07 Å². The molecule has 1 aromatic rings. The molecule has 1 aliphatic rings. The minimum atomic E-state index is 0.0983. The van der Waals surface area contributed by atoms with Gasteiger partial charge in [-0.05, 0) is 31.5 Å². The van der Waals surface area contributed by atoms with Gasteiger partial charge in [-0.1, -0.05) is 12.1 Å². The van der Waals surface area contributed by atoms with Gasteiger partial charge in [0.2, 0.25) is 5.91 Å². The molecule has 4 nitrogen and oxygen atoms in total. The van der Waals surface area contributed by atoms with E-state index in [-0.39, 0.29) is 18.1 Å². The van der Waals surface area contributed by atoms with E-state index in [1.165, 1.54) is 0 Å². The summed E-state index contributed by atoms with van der Waals surface area (Å²) in [4.78, 5) is 14.2. The highest BCUT2D eigenvalue weighted by Crippen LogP contribution is 2.14. The molecule has 0 N–H and O–H groups in total. The second-order valence-corrected chi connectivity index (χ2v) is 5.02. The lowest BCUT2D eigenvalue weighted by atomic mass is 10.1. The van der Waals surface area contributed by atoms with Crippen molar-refractivity contribution in [1.82, 2.24) is 4.90 Å². The number of carbonyl (C=O) groups is 1. The molecule has 19 heavy (non-hydrogen) atoms. The van der Waals surface area contributed by atoms with Gasteiger partial charge in [0.1, 0.15) is 0 Å². The molecule has 0 bridgehead atoms. The van der Waals surface area contributed by atoms with Crippen molar-refractivity contribution in [3.63, 3.8) is 0 Å². The summed E-state index contributed by atoms with van der Waals surface area (Å²) in [6.07, 6.45) is 0.476. The second kappa shape index (κ2) is 5.85. The molecule has 0 radical (unpaired) electrons. The minimum Gasteiger partial charge on any atom is -0.375 e.